The summed E-state index contributed by atoms with van der Waals surface area (Å²) < 4.78 is 0. The highest BCUT2D eigenvalue weighted by Gasteiger charge is 2.19. The molecule has 1 aliphatic rings. The van der Waals surface area contributed by atoms with Crippen molar-refractivity contribution in [3.8, 4) is 0 Å². The molecule has 18 heavy (non-hydrogen) atoms. The van der Waals surface area contributed by atoms with Crippen LogP contribution >= 0.6 is 0 Å². The van der Waals surface area contributed by atoms with Crippen LogP contribution < -0.4 is 10.6 Å². The van der Waals surface area contributed by atoms with Gasteiger partial charge in [-0.15, -0.1) is 0 Å². The molecule has 1 fully saturated rings. The molecule has 0 amide bonds. The van der Waals surface area contributed by atoms with Crippen LogP contribution in [0.5, 0.6) is 0 Å². The summed E-state index contributed by atoms with van der Waals surface area (Å²) in [6.07, 6.45) is 9.51. The Kier molecular flexibility index (Phi) is 3.96. The monoisotopic (exact) mass is 249 g/mol. The summed E-state index contributed by atoms with van der Waals surface area (Å²) in [5.74, 6) is 0.811. The Morgan fingerprint density at radius 2 is 2.06 bits per heavy atom. The lowest BCUT2D eigenvalue weighted by Crippen LogP contribution is -2.34. The molecule has 1 aliphatic carbocycles. The van der Waals surface area contributed by atoms with Crippen LogP contribution in [0.3, 0.4) is 0 Å². The molecule has 1 aromatic heterocycles. The van der Waals surface area contributed by atoms with Gasteiger partial charge in [0.2, 0.25) is 0 Å². The second-order valence-electron chi connectivity index (χ2n) is 4.65. The Morgan fingerprint density at radius 3 is 2.61 bits per heavy atom. The number of nitrogens with zero attached hydrogens (tertiary/aromatic N) is 4. The van der Waals surface area contributed by atoms with Gasteiger partial charge in [-0.25, -0.2) is 9.97 Å². The minimum atomic E-state index is -0.0191. The number of rotatable bonds is 3. The van der Waals surface area contributed by atoms with Gasteiger partial charge in [0.15, 0.2) is 5.84 Å². The molecular weight excluding hydrogens is 230 g/mol. The van der Waals surface area contributed by atoms with E-state index in [2.05, 4.69) is 20.0 Å². The average Bonchev–Trinajstić information content (AvgIpc) is 2.47. The van der Waals surface area contributed by atoms with Gasteiger partial charge in [0.1, 0.15) is 11.5 Å². The van der Waals surface area contributed by atoms with E-state index in [4.69, 9.17) is 10.9 Å². The van der Waals surface area contributed by atoms with E-state index in [0.29, 0.717) is 11.7 Å². The Morgan fingerprint density at radius 1 is 1.33 bits per heavy atom. The zero-order valence-electron chi connectivity index (χ0n) is 10.6. The van der Waals surface area contributed by atoms with E-state index in [1.54, 1.807) is 6.20 Å². The molecule has 1 aromatic rings. The lowest BCUT2D eigenvalue weighted by atomic mass is 9.94. The van der Waals surface area contributed by atoms with Crippen molar-refractivity contribution in [3.05, 3.63) is 18.1 Å². The van der Waals surface area contributed by atoms with Crippen LogP contribution in [0.25, 0.3) is 0 Å². The maximum absolute atomic E-state index is 8.56. The highest BCUT2D eigenvalue weighted by Crippen LogP contribution is 2.24. The zero-order chi connectivity index (χ0) is 13.0. The van der Waals surface area contributed by atoms with E-state index < -0.39 is 0 Å². The normalized spacial score (nSPS) is 17.7. The number of anilines is 1. The van der Waals surface area contributed by atoms with Crippen LogP contribution in [-0.2, 0) is 0 Å². The van der Waals surface area contributed by atoms with E-state index >= 15 is 0 Å². The standard InChI is InChI=1S/C12H19N5O/c1-17(9-5-3-2-4-6-9)11-8-14-10(7-15-11)12(13)16-18/h7-9,18H,2-6H2,1H3,(H2,13,16). The van der Waals surface area contributed by atoms with E-state index in [9.17, 15) is 0 Å². The molecule has 0 unspecified atom stereocenters. The van der Waals surface area contributed by atoms with Crippen LogP contribution in [0.4, 0.5) is 5.82 Å². The topological polar surface area (TPSA) is 87.6 Å². The third-order valence-corrected chi connectivity index (χ3v) is 3.49. The van der Waals surface area contributed by atoms with E-state index in [0.717, 1.165) is 5.82 Å². The molecule has 2 rings (SSSR count). The summed E-state index contributed by atoms with van der Waals surface area (Å²) >= 11 is 0. The summed E-state index contributed by atoms with van der Waals surface area (Å²) in [6, 6.07) is 0.544. The maximum Gasteiger partial charge on any atom is 0.190 e. The number of aromatic nitrogens is 2. The van der Waals surface area contributed by atoms with Crippen molar-refractivity contribution in [1.82, 2.24) is 9.97 Å². The lowest BCUT2D eigenvalue weighted by molar-refractivity contribution is 0.318. The largest absolute Gasteiger partial charge is 0.409 e. The van der Waals surface area contributed by atoms with Crippen LogP contribution in [0.1, 0.15) is 37.8 Å². The van der Waals surface area contributed by atoms with Gasteiger partial charge in [-0.2, -0.15) is 0 Å². The van der Waals surface area contributed by atoms with Crippen molar-refractivity contribution < 1.29 is 5.21 Å². The predicted molar refractivity (Wildman–Crippen MR) is 69.8 cm³/mol. The minimum Gasteiger partial charge on any atom is -0.409 e. The number of amidine groups is 1. The van der Waals surface area contributed by atoms with E-state index in [1.807, 2.05) is 7.05 Å². The number of hydrogen-bond donors (Lipinski definition) is 2. The lowest BCUT2D eigenvalue weighted by Gasteiger charge is -2.31. The Balaban J connectivity index is 2.08. The smallest absolute Gasteiger partial charge is 0.190 e. The Bertz CT molecular complexity index is 411. The molecule has 0 bridgehead atoms. The highest BCUT2D eigenvalue weighted by molar-refractivity contribution is 5.94. The van der Waals surface area contributed by atoms with Crippen LogP contribution in [0.2, 0.25) is 0 Å². The molecular formula is C12H19N5O. The first-order chi connectivity index (χ1) is 8.72. The molecule has 0 aliphatic heterocycles. The molecule has 0 radical (unpaired) electrons. The van der Waals surface area contributed by atoms with Gasteiger partial charge in [-0.3, -0.25) is 0 Å². The van der Waals surface area contributed by atoms with Gasteiger partial charge < -0.3 is 15.8 Å². The number of hydrogen-bond acceptors (Lipinski definition) is 5. The Labute approximate surface area is 107 Å². The van der Waals surface area contributed by atoms with Gasteiger partial charge in [-0.1, -0.05) is 24.4 Å². The van der Waals surface area contributed by atoms with Crippen molar-refractivity contribution in [3.63, 3.8) is 0 Å². The molecule has 3 N–H and O–H groups in total. The highest BCUT2D eigenvalue weighted by atomic mass is 16.4. The van der Waals surface area contributed by atoms with Gasteiger partial charge >= 0.3 is 0 Å². The number of nitrogens with two attached hydrogens (primary N) is 1. The average molecular weight is 249 g/mol. The van der Waals surface area contributed by atoms with Crippen molar-refractivity contribution >= 4 is 11.7 Å². The molecule has 1 saturated carbocycles. The van der Waals surface area contributed by atoms with Gasteiger partial charge in [0.05, 0.1) is 12.4 Å². The molecule has 6 nitrogen and oxygen atoms in total. The zero-order valence-corrected chi connectivity index (χ0v) is 10.6. The van der Waals surface area contributed by atoms with E-state index in [1.165, 1.54) is 38.3 Å². The predicted octanol–water partition coefficient (Wildman–Crippen LogP) is 1.34. The third kappa shape index (κ3) is 2.69. The second-order valence-corrected chi connectivity index (χ2v) is 4.65. The van der Waals surface area contributed by atoms with Gasteiger partial charge in [0, 0.05) is 13.1 Å². The molecule has 0 spiro atoms. The van der Waals surface area contributed by atoms with Crippen molar-refractivity contribution in [2.45, 2.75) is 38.1 Å². The molecule has 0 saturated heterocycles. The summed E-state index contributed by atoms with van der Waals surface area (Å²) in [5.41, 5.74) is 5.83. The molecule has 98 valence electrons. The summed E-state index contributed by atoms with van der Waals surface area (Å²) in [7, 11) is 2.04. The maximum atomic E-state index is 8.56. The third-order valence-electron chi connectivity index (χ3n) is 3.49. The minimum absolute atomic E-state index is 0.0191. The summed E-state index contributed by atoms with van der Waals surface area (Å²) in [5, 5.41) is 11.5. The quantitative estimate of drug-likeness (QED) is 0.365. The fourth-order valence-electron chi connectivity index (χ4n) is 2.34. The fourth-order valence-corrected chi connectivity index (χ4v) is 2.34. The first-order valence-corrected chi connectivity index (χ1v) is 6.25. The molecule has 6 heteroatoms. The van der Waals surface area contributed by atoms with Crippen LogP contribution in [0.15, 0.2) is 17.5 Å². The number of oxime groups is 1. The first kappa shape index (κ1) is 12.6. The SMILES string of the molecule is CN(c1cnc(C(N)=NO)cn1)C1CCCCC1. The molecule has 0 atom stereocenters. The van der Waals surface area contributed by atoms with Crippen LogP contribution in [-0.4, -0.2) is 34.1 Å². The molecule has 1 heterocycles. The van der Waals surface area contributed by atoms with Crippen molar-refractivity contribution in [2.24, 2.45) is 10.9 Å². The Hall–Kier alpha value is -1.85. The van der Waals surface area contributed by atoms with Crippen molar-refractivity contribution in [1.29, 1.82) is 0 Å². The van der Waals surface area contributed by atoms with Gasteiger partial charge in [0.25, 0.3) is 0 Å². The van der Waals surface area contributed by atoms with Crippen molar-refractivity contribution in [2.75, 3.05) is 11.9 Å². The fraction of sp³-hybridized carbons (Fsp3) is 0.583. The van der Waals surface area contributed by atoms with Crippen LogP contribution in [0, 0.1) is 0 Å². The van der Waals surface area contributed by atoms with E-state index in [-0.39, 0.29) is 5.84 Å². The molecule has 0 aromatic carbocycles. The summed E-state index contributed by atoms with van der Waals surface area (Å²) in [6.45, 7) is 0. The second kappa shape index (κ2) is 5.66. The van der Waals surface area contributed by atoms with Gasteiger partial charge in [-0.05, 0) is 12.8 Å². The first-order valence-electron chi connectivity index (χ1n) is 6.25. The summed E-state index contributed by atoms with van der Waals surface area (Å²) in [4.78, 5) is 10.6.